The van der Waals surface area contributed by atoms with Crippen molar-refractivity contribution in [3.8, 4) is 11.5 Å². The van der Waals surface area contributed by atoms with E-state index in [0.29, 0.717) is 0 Å². The van der Waals surface area contributed by atoms with Gasteiger partial charge in [0.2, 0.25) is 5.82 Å². The van der Waals surface area contributed by atoms with Gasteiger partial charge in [-0.15, -0.1) is 0 Å². The third-order valence-corrected chi connectivity index (χ3v) is 2.20. The second-order valence-electron chi connectivity index (χ2n) is 3.23. The van der Waals surface area contributed by atoms with Crippen LogP contribution in [0.5, 0.6) is 11.5 Å². The smallest absolute Gasteiger partial charge is 0.209 e. The molecule has 0 aromatic heterocycles. The standard InChI is InChI=1S/C10H12F2O3/c1-5(4-13)6-3-7(15-2)9(12)10(14)8(6)11/h3,5,13-14H,4H2,1-2H3. The number of rotatable bonds is 3. The second kappa shape index (κ2) is 4.44. The van der Waals surface area contributed by atoms with E-state index < -0.39 is 23.3 Å². The Morgan fingerprint density at radius 3 is 2.47 bits per heavy atom. The minimum Gasteiger partial charge on any atom is -0.503 e. The lowest BCUT2D eigenvalue weighted by atomic mass is 10.0. The topological polar surface area (TPSA) is 49.7 Å². The van der Waals surface area contributed by atoms with Crippen LogP contribution in [0.4, 0.5) is 8.78 Å². The number of phenolic OH excluding ortho intramolecular Hbond substituents is 1. The summed E-state index contributed by atoms with van der Waals surface area (Å²) in [6.45, 7) is 1.25. The van der Waals surface area contributed by atoms with Crippen molar-refractivity contribution < 1.29 is 23.7 Å². The highest BCUT2D eigenvalue weighted by atomic mass is 19.1. The maximum Gasteiger partial charge on any atom is 0.209 e. The number of ether oxygens (including phenoxy) is 1. The number of halogens is 2. The molecule has 2 N–H and O–H groups in total. The molecule has 0 heterocycles. The van der Waals surface area contributed by atoms with Gasteiger partial charge in [0.05, 0.1) is 7.11 Å². The first-order valence-electron chi connectivity index (χ1n) is 4.38. The van der Waals surface area contributed by atoms with Crippen LogP contribution in [0.1, 0.15) is 18.4 Å². The van der Waals surface area contributed by atoms with Gasteiger partial charge >= 0.3 is 0 Å². The van der Waals surface area contributed by atoms with Gasteiger partial charge < -0.3 is 14.9 Å². The van der Waals surface area contributed by atoms with Gasteiger partial charge in [0, 0.05) is 18.1 Å². The zero-order valence-electron chi connectivity index (χ0n) is 8.42. The predicted molar refractivity (Wildman–Crippen MR) is 50.1 cm³/mol. The summed E-state index contributed by atoms with van der Waals surface area (Å²) in [5, 5.41) is 18.0. The highest BCUT2D eigenvalue weighted by Crippen LogP contribution is 2.34. The maximum absolute atomic E-state index is 13.4. The van der Waals surface area contributed by atoms with Crippen molar-refractivity contribution in [2.45, 2.75) is 12.8 Å². The number of phenols is 1. The Morgan fingerprint density at radius 2 is 2.00 bits per heavy atom. The van der Waals surface area contributed by atoms with Crippen LogP contribution in [0.2, 0.25) is 0 Å². The van der Waals surface area contributed by atoms with Gasteiger partial charge in [-0.3, -0.25) is 0 Å². The fourth-order valence-electron chi connectivity index (χ4n) is 1.22. The van der Waals surface area contributed by atoms with Crippen molar-refractivity contribution in [2.24, 2.45) is 0 Å². The minimum atomic E-state index is -1.14. The summed E-state index contributed by atoms with van der Waals surface area (Å²) in [6.07, 6.45) is 0. The average molecular weight is 218 g/mol. The van der Waals surface area contributed by atoms with E-state index in [-0.39, 0.29) is 17.9 Å². The molecule has 3 nitrogen and oxygen atoms in total. The van der Waals surface area contributed by atoms with Crippen molar-refractivity contribution in [1.82, 2.24) is 0 Å². The molecule has 0 aliphatic carbocycles. The third kappa shape index (κ3) is 2.02. The highest BCUT2D eigenvalue weighted by molar-refractivity contribution is 5.42. The lowest BCUT2D eigenvalue weighted by Crippen LogP contribution is -2.04. The van der Waals surface area contributed by atoms with Gasteiger partial charge in [-0.25, -0.2) is 4.39 Å². The van der Waals surface area contributed by atoms with Crippen LogP contribution in [-0.2, 0) is 0 Å². The SMILES string of the molecule is COc1cc(C(C)CO)c(F)c(O)c1F. The zero-order chi connectivity index (χ0) is 11.6. The molecule has 15 heavy (non-hydrogen) atoms. The van der Waals surface area contributed by atoms with E-state index >= 15 is 0 Å². The molecule has 0 bridgehead atoms. The summed E-state index contributed by atoms with van der Waals surface area (Å²) in [7, 11) is 1.21. The molecule has 0 aliphatic heterocycles. The van der Waals surface area contributed by atoms with Gasteiger partial charge in [-0.2, -0.15) is 4.39 Å². The largest absolute Gasteiger partial charge is 0.503 e. The summed E-state index contributed by atoms with van der Waals surface area (Å²) in [4.78, 5) is 0. The Bertz CT molecular complexity index is 366. The number of hydrogen-bond donors (Lipinski definition) is 2. The Hall–Kier alpha value is -1.36. The molecule has 1 aromatic carbocycles. The van der Waals surface area contributed by atoms with Gasteiger partial charge in [-0.1, -0.05) is 6.92 Å². The number of aromatic hydroxyl groups is 1. The van der Waals surface area contributed by atoms with Gasteiger partial charge in [0.25, 0.3) is 0 Å². The van der Waals surface area contributed by atoms with Crippen LogP contribution in [0.3, 0.4) is 0 Å². The van der Waals surface area contributed by atoms with Crippen molar-refractivity contribution in [3.63, 3.8) is 0 Å². The fourth-order valence-corrected chi connectivity index (χ4v) is 1.22. The molecular formula is C10H12F2O3. The monoisotopic (exact) mass is 218 g/mol. The first-order chi connectivity index (χ1) is 7.02. The quantitative estimate of drug-likeness (QED) is 0.812. The summed E-state index contributed by atoms with van der Waals surface area (Å²) in [5.74, 6) is -4.06. The average Bonchev–Trinajstić information content (AvgIpc) is 2.25. The Morgan fingerprint density at radius 1 is 1.40 bits per heavy atom. The number of benzene rings is 1. The van der Waals surface area contributed by atoms with E-state index in [2.05, 4.69) is 4.74 Å². The van der Waals surface area contributed by atoms with Crippen LogP contribution in [0.15, 0.2) is 6.07 Å². The van der Waals surface area contributed by atoms with Crippen molar-refractivity contribution in [2.75, 3.05) is 13.7 Å². The van der Waals surface area contributed by atoms with Gasteiger partial charge in [0.1, 0.15) is 0 Å². The van der Waals surface area contributed by atoms with Crippen molar-refractivity contribution in [3.05, 3.63) is 23.3 Å². The van der Waals surface area contributed by atoms with E-state index in [9.17, 15) is 8.78 Å². The fraction of sp³-hybridized carbons (Fsp3) is 0.400. The summed E-state index contributed by atoms with van der Waals surface area (Å²) < 4.78 is 31.1. The molecule has 84 valence electrons. The number of aliphatic hydroxyl groups excluding tert-OH is 1. The van der Waals surface area contributed by atoms with Gasteiger partial charge in [0.15, 0.2) is 17.3 Å². The maximum atomic E-state index is 13.4. The molecule has 1 atom stereocenters. The molecule has 0 spiro atoms. The Labute approximate surface area is 85.9 Å². The molecule has 5 heteroatoms. The molecule has 1 unspecified atom stereocenters. The first kappa shape index (κ1) is 11.7. The lowest BCUT2D eigenvalue weighted by Gasteiger charge is -2.13. The molecule has 0 aliphatic rings. The molecule has 0 saturated heterocycles. The predicted octanol–water partition coefficient (Wildman–Crippen LogP) is 1.77. The van der Waals surface area contributed by atoms with Crippen molar-refractivity contribution in [1.29, 1.82) is 0 Å². The summed E-state index contributed by atoms with van der Waals surface area (Å²) >= 11 is 0. The van der Waals surface area contributed by atoms with Crippen LogP contribution in [-0.4, -0.2) is 23.9 Å². The van der Waals surface area contributed by atoms with Crippen LogP contribution < -0.4 is 4.74 Å². The molecular weight excluding hydrogens is 206 g/mol. The highest BCUT2D eigenvalue weighted by Gasteiger charge is 2.21. The molecule has 0 fully saturated rings. The Balaban J connectivity index is 3.35. The second-order valence-corrected chi connectivity index (χ2v) is 3.23. The number of methoxy groups -OCH3 is 1. The van der Waals surface area contributed by atoms with E-state index in [1.165, 1.54) is 7.11 Å². The molecule has 0 amide bonds. The van der Waals surface area contributed by atoms with E-state index in [1.54, 1.807) is 6.92 Å². The molecule has 0 saturated carbocycles. The molecule has 1 aromatic rings. The zero-order valence-corrected chi connectivity index (χ0v) is 8.42. The van der Waals surface area contributed by atoms with Crippen LogP contribution in [0, 0.1) is 11.6 Å². The van der Waals surface area contributed by atoms with E-state index in [1.807, 2.05) is 0 Å². The number of hydrogen-bond acceptors (Lipinski definition) is 3. The molecule has 0 radical (unpaired) electrons. The van der Waals surface area contributed by atoms with Crippen LogP contribution >= 0.6 is 0 Å². The summed E-state index contributed by atoms with van der Waals surface area (Å²) in [6, 6.07) is 1.13. The normalized spacial score (nSPS) is 12.6. The van der Waals surface area contributed by atoms with E-state index in [4.69, 9.17) is 10.2 Å². The van der Waals surface area contributed by atoms with Crippen LogP contribution in [0.25, 0.3) is 0 Å². The van der Waals surface area contributed by atoms with E-state index in [0.717, 1.165) is 6.07 Å². The summed E-state index contributed by atoms with van der Waals surface area (Å²) in [5.41, 5.74) is 0.0215. The first-order valence-corrected chi connectivity index (χ1v) is 4.38. The Kier molecular flexibility index (Phi) is 3.47. The van der Waals surface area contributed by atoms with Gasteiger partial charge in [-0.05, 0) is 6.07 Å². The van der Waals surface area contributed by atoms with Crippen molar-refractivity contribution >= 4 is 0 Å². The molecule has 1 rings (SSSR count). The number of aliphatic hydroxyl groups is 1. The minimum absolute atomic E-state index is 0.0215. The lowest BCUT2D eigenvalue weighted by molar-refractivity contribution is 0.268. The third-order valence-electron chi connectivity index (χ3n) is 2.20.